The average Bonchev–Trinajstić information content (AvgIpc) is 3.19. The first-order valence-corrected chi connectivity index (χ1v) is 11.3. The zero-order chi connectivity index (χ0) is 25.0. The maximum Gasteiger partial charge on any atom is 0.340 e. The number of esters is 1. The van der Waals surface area contributed by atoms with Crippen molar-refractivity contribution in [2.75, 3.05) is 13.7 Å². The molecule has 0 radical (unpaired) electrons. The number of methoxy groups -OCH3 is 1. The Kier molecular flexibility index (Phi) is 5.65. The highest BCUT2D eigenvalue weighted by molar-refractivity contribution is 5.92. The second kappa shape index (κ2) is 8.54. The zero-order valence-electron chi connectivity index (χ0n) is 19.5. The van der Waals surface area contributed by atoms with E-state index >= 15 is 0 Å². The van der Waals surface area contributed by atoms with Crippen LogP contribution in [0.25, 0.3) is 22.3 Å². The summed E-state index contributed by atoms with van der Waals surface area (Å²) < 4.78 is 26.3. The SMILES string of the molecule is CCc1c2c(nc3cc(F)c(C)c(CNC(=O)COC)c13)-c1cc3c(c(=O)n1C2)COC(=O)C3O. The van der Waals surface area contributed by atoms with Gasteiger partial charge in [-0.3, -0.25) is 9.59 Å². The summed E-state index contributed by atoms with van der Waals surface area (Å²) >= 11 is 0. The number of aryl methyl sites for hydroxylation is 1. The van der Waals surface area contributed by atoms with Gasteiger partial charge >= 0.3 is 5.97 Å². The Balaban J connectivity index is 1.73. The van der Waals surface area contributed by atoms with E-state index < -0.39 is 17.9 Å². The highest BCUT2D eigenvalue weighted by Gasteiger charge is 2.35. The molecule has 35 heavy (non-hydrogen) atoms. The fraction of sp³-hybridized carbons (Fsp3) is 0.360. The quantitative estimate of drug-likeness (QED) is 0.417. The van der Waals surface area contributed by atoms with Gasteiger partial charge in [0.2, 0.25) is 5.91 Å². The molecule has 2 N–H and O–H groups in total. The highest BCUT2D eigenvalue weighted by Crippen LogP contribution is 2.39. The van der Waals surface area contributed by atoms with Gasteiger partial charge in [0, 0.05) is 36.2 Å². The van der Waals surface area contributed by atoms with Crippen molar-refractivity contribution < 1.29 is 28.6 Å². The number of benzene rings is 1. The van der Waals surface area contributed by atoms with E-state index in [-0.39, 0.29) is 48.9 Å². The number of pyridine rings is 2. The van der Waals surface area contributed by atoms with Crippen LogP contribution in [0.3, 0.4) is 0 Å². The van der Waals surface area contributed by atoms with Gasteiger partial charge in [-0.05, 0) is 36.1 Å². The minimum absolute atomic E-state index is 0.0998. The lowest BCUT2D eigenvalue weighted by atomic mass is 9.92. The van der Waals surface area contributed by atoms with E-state index in [1.54, 1.807) is 17.6 Å². The van der Waals surface area contributed by atoms with Crippen LogP contribution in [0.5, 0.6) is 0 Å². The molecule has 182 valence electrons. The molecule has 0 fully saturated rings. The third kappa shape index (κ3) is 3.52. The van der Waals surface area contributed by atoms with Gasteiger partial charge in [0.1, 0.15) is 19.0 Å². The lowest BCUT2D eigenvalue weighted by molar-refractivity contribution is -0.157. The highest BCUT2D eigenvalue weighted by atomic mass is 19.1. The predicted octanol–water partition coefficient (Wildman–Crippen LogP) is 1.79. The average molecular weight is 481 g/mol. The van der Waals surface area contributed by atoms with Crippen molar-refractivity contribution in [2.24, 2.45) is 0 Å². The molecule has 0 saturated heterocycles. The molecule has 10 heteroatoms. The third-order valence-corrected chi connectivity index (χ3v) is 6.78. The van der Waals surface area contributed by atoms with Crippen LogP contribution in [0.15, 0.2) is 16.9 Å². The number of nitrogens with one attached hydrogen (secondary N) is 1. The van der Waals surface area contributed by atoms with Crippen LogP contribution >= 0.6 is 0 Å². The largest absolute Gasteiger partial charge is 0.458 e. The minimum Gasteiger partial charge on any atom is -0.458 e. The smallest absolute Gasteiger partial charge is 0.340 e. The second-order valence-electron chi connectivity index (χ2n) is 8.70. The molecule has 0 spiro atoms. The van der Waals surface area contributed by atoms with E-state index in [0.717, 1.165) is 16.5 Å². The number of halogens is 1. The van der Waals surface area contributed by atoms with Crippen molar-refractivity contribution in [3.63, 3.8) is 0 Å². The number of ether oxygens (including phenoxy) is 2. The molecular weight excluding hydrogens is 457 g/mol. The molecule has 0 aliphatic carbocycles. The standard InChI is InChI=1S/C25H24FN3O6/c1-4-12-15-8-29-19(5-13-16(24(29)32)9-35-25(33)23(13)31)22(15)28-18-6-17(26)11(2)14(21(12)18)7-27-20(30)10-34-3/h5-6,23,31H,4,7-10H2,1-3H3,(H,27,30). The number of aliphatic hydroxyl groups is 1. The molecule has 2 aromatic heterocycles. The summed E-state index contributed by atoms with van der Waals surface area (Å²) in [5, 5.41) is 13.8. The topological polar surface area (TPSA) is 120 Å². The number of hydrogen-bond donors (Lipinski definition) is 2. The van der Waals surface area contributed by atoms with Crippen molar-refractivity contribution >= 4 is 22.8 Å². The number of aromatic nitrogens is 2. The summed E-state index contributed by atoms with van der Waals surface area (Å²) in [4.78, 5) is 41.9. The van der Waals surface area contributed by atoms with Crippen LogP contribution < -0.4 is 10.9 Å². The summed E-state index contributed by atoms with van der Waals surface area (Å²) in [6.45, 7) is 3.66. The van der Waals surface area contributed by atoms with Crippen LogP contribution in [0, 0.1) is 12.7 Å². The maximum atomic E-state index is 14.9. The van der Waals surface area contributed by atoms with E-state index in [9.17, 15) is 23.9 Å². The lowest BCUT2D eigenvalue weighted by Gasteiger charge is -2.21. The van der Waals surface area contributed by atoms with Gasteiger partial charge in [-0.2, -0.15) is 0 Å². The van der Waals surface area contributed by atoms with Crippen LogP contribution in [0.4, 0.5) is 4.39 Å². The van der Waals surface area contributed by atoms with Crippen molar-refractivity contribution in [3.8, 4) is 11.4 Å². The van der Waals surface area contributed by atoms with Gasteiger partial charge in [-0.25, -0.2) is 14.2 Å². The molecule has 0 saturated carbocycles. The number of nitrogens with zero attached hydrogens (tertiary/aromatic N) is 2. The summed E-state index contributed by atoms with van der Waals surface area (Å²) in [6, 6.07) is 2.96. The molecule has 1 aromatic carbocycles. The Hall–Kier alpha value is -3.63. The number of carbonyl (C=O) groups excluding carboxylic acids is 2. The predicted molar refractivity (Wildman–Crippen MR) is 123 cm³/mol. The molecule has 1 atom stereocenters. The monoisotopic (exact) mass is 481 g/mol. The number of rotatable bonds is 5. The fourth-order valence-electron chi connectivity index (χ4n) is 5.01. The number of cyclic esters (lactones) is 1. The molecule has 2 aliphatic rings. The Morgan fingerprint density at radius 1 is 1.31 bits per heavy atom. The van der Waals surface area contributed by atoms with Crippen LogP contribution in [0.1, 0.15) is 46.4 Å². The van der Waals surface area contributed by atoms with Gasteiger partial charge in [0.25, 0.3) is 5.56 Å². The van der Waals surface area contributed by atoms with E-state index in [4.69, 9.17) is 14.5 Å². The van der Waals surface area contributed by atoms with E-state index in [1.807, 2.05) is 6.92 Å². The minimum atomic E-state index is -1.55. The van der Waals surface area contributed by atoms with Gasteiger partial charge in [0.05, 0.1) is 29.0 Å². The van der Waals surface area contributed by atoms with Crippen LogP contribution in [-0.2, 0) is 45.2 Å². The van der Waals surface area contributed by atoms with Crippen LogP contribution in [0.2, 0.25) is 0 Å². The third-order valence-electron chi connectivity index (χ3n) is 6.78. The van der Waals surface area contributed by atoms with Crippen molar-refractivity contribution in [3.05, 3.63) is 61.7 Å². The molecule has 5 rings (SSSR count). The Labute approximate surface area is 199 Å². The molecule has 9 nitrogen and oxygen atoms in total. The van der Waals surface area contributed by atoms with Gasteiger partial charge in [-0.15, -0.1) is 0 Å². The Morgan fingerprint density at radius 2 is 2.09 bits per heavy atom. The van der Waals surface area contributed by atoms with E-state index in [2.05, 4.69) is 5.32 Å². The fourth-order valence-corrected chi connectivity index (χ4v) is 5.01. The number of amides is 1. The lowest BCUT2D eigenvalue weighted by Crippen LogP contribution is -2.32. The van der Waals surface area contributed by atoms with Crippen LogP contribution in [-0.4, -0.2) is 40.3 Å². The van der Waals surface area contributed by atoms with Gasteiger partial charge < -0.3 is 24.5 Å². The molecular formula is C25H24FN3O6. The molecule has 1 amide bonds. The molecule has 0 bridgehead atoms. The molecule has 1 unspecified atom stereocenters. The zero-order valence-corrected chi connectivity index (χ0v) is 19.5. The summed E-state index contributed by atoms with van der Waals surface area (Å²) in [7, 11) is 1.42. The van der Waals surface area contributed by atoms with E-state index in [1.165, 1.54) is 13.2 Å². The molecule has 3 aromatic rings. The first-order chi connectivity index (χ1) is 16.8. The van der Waals surface area contributed by atoms with Crippen molar-refractivity contribution in [1.82, 2.24) is 14.9 Å². The van der Waals surface area contributed by atoms with E-state index in [0.29, 0.717) is 34.5 Å². The first-order valence-electron chi connectivity index (χ1n) is 11.3. The van der Waals surface area contributed by atoms with Crippen molar-refractivity contribution in [2.45, 2.75) is 46.1 Å². The number of aliphatic hydroxyl groups excluding tert-OH is 1. The van der Waals surface area contributed by atoms with Gasteiger partial charge in [0.15, 0.2) is 6.10 Å². The van der Waals surface area contributed by atoms with Gasteiger partial charge in [-0.1, -0.05) is 6.92 Å². The maximum absolute atomic E-state index is 14.9. The number of hydrogen-bond acceptors (Lipinski definition) is 7. The van der Waals surface area contributed by atoms with Crippen molar-refractivity contribution in [1.29, 1.82) is 0 Å². The Bertz CT molecular complexity index is 1480. The second-order valence-corrected chi connectivity index (χ2v) is 8.70. The normalized spacial score (nSPS) is 16.0. The Morgan fingerprint density at radius 3 is 2.80 bits per heavy atom. The summed E-state index contributed by atoms with van der Waals surface area (Å²) in [5.41, 5.74) is 4.21. The number of fused-ring (bicyclic) bond motifs is 5. The first kappa shape index (κ1) is 23.1. The number of carbonyl (C=O) groups is 2. The summed E-state index contributed by atoms with van der Waals surface area (Å²) in [6.07, 6.45) is -0.965. The summed E-state index contributed by atoms with van der Waals surface area (Å²) in [5.74, 6) is -1.59. The molecule has 4 heterocycles. The molecule has 2 aliphatic heterocycles.